The molecule has 0 bridgehead atoms. The Labute approximate surface area is 119 Å². The average Bonchev–Trinajstić information content (AvgIpc) is 2.47. The normalized spacial score (nSPS) is 29.7. The maximum atomic E-state index is 6.02. The van der Waals surface area contributed by atoms with Crippen molar-refractivity contribution in [2.45, 2.75) is 84.3 Å². The van der Waals surface area contributed by atoms with E-state index in [4.69, 9.17) is 4.74 Å². The Hall–Kier alpha value is -0.0800. The van der Waals surface area contributed by atoms with E-state index in [2.05, 4.69) is 26.1 Å². The van der Waals surface area contributed by atoms with Crippen LogP contribution in [-0.2, 0) is 4.74 Å². The molecule has 1 spiro atoms. The van der Waals surface area contributed by atoms with Gasteiger partial charge in [-0.15, -0.1) is 0 Å². The number of nitrogens with one attached hydrogen (secondary N) is 1. The van der Waals surface area contributed by atoms with Gasteiger partial charge in [0.1, 0.15) is 0 Å². The monoisotopic (exact) mass is 267 g/mol. The fourth-order valence-corrected chi connectivity index (χ4v) is 4.24. The molecule has 0 radical (unpaired) electrons. The molecule has 2 aliphatic rings. The lowest BCUT2D eigenvalue weighted by atomic mass is 9.55. The van der Waals surface area contributed by atoms with Crippen LogP contribution in [0.25, 0.3) is 0 Å². The Morgan fingerprint density at radius 3 is 2.37 bits per heavy atom. The van der Waals surface area contributed by atoms with Gasteiger partial charge in [0.15, 0.2) is 0 Å². The van der Waals surface area contributed by atoms with Crippen LogP contribution in [0.3, 0.4) is 0 Å². The van der Waals surface area contributed by atoms with Gasteiger partial charge in [0.05, 0.1) is 6.10 Å². The number of hydrogen-bond acceptors (Lipinski definition) is 2. The van der Waals surface area contributed by atoms with E-state index in [1.807, 2.05) is 0 Å². The van der Waals surface area contributed by atoms with Gasteiger partial charge in [-0.1, -0.05) is 46.0 Å². The van der Waals surface area contributed by atoms with Crippen molar-refractivity contribution in [3.05, 3.63) is 0 Å². The minimum Gasteiger partial charge on any atom is -0.378 e. The summed E-state index contributed by atoms with van der Waals surface area (Å²) >= 11 is 0. The third-order valence-corrected chi connectivity index (χ3v) is 5.74. The van der Waals surface area contributed by atoms with Crippen LogP contribution >= 0.6 is 0 Å². The van der Waals surface area contributed by atoms with Gasteiger partial charge in [0.2, 0.25) is 0 Å². The standard InChI is InChI=1S/C17H33NO/c1-4-14(5-2)13-18-15-12-16(19-6-3)17(15)10-8-7-9-11-17/h14-16,18H,4-13H2,1-3H3. The van der Waals surface area contributed by atoms with Gasteiger partial charge in [0, 0.05) is 18.1 Å². The number of ether oxygens (including phenoxy) is 1. The summed E-state index contributed by atoms with van der Waals surface area (Å²) in [5.41, 5.74) is 0.486. The number of hydrogen-bond donors (Lipinski definition) is 1. The first-order valence-electron chi connectivity index (χ1n) is 8.61. The summed E-state index contributed by atoms with van der Waals surface area (Å²) in [5.74, 6) is 0.854. The molecule has 2 nitrogen and oxygen atoms in total. The van der Waals surface area contributed by atoms with Crippen molar-refractivity contribution in [3.63, 3.8) is 0 Å². The molecule has 2 heteroatoms. The second-order valence-electron chi connectivity index (χ2n) is 6.62. The zero-order valence-electron chi connectivity index (χ0n) is 13.2. The van der Waals surface area contributed by atoms with E-state index >= 15 is 0 Å². The smallest absolute Gasteiger partial charge is 0.0661 e. The first-order chi connectivity index (χ1) is 9.26. The molecule has 2 aliphatic carbocycles. The van der Waals surface area contributed by atoms with Crippen molar-refractivity contribution in [1.82, 2.24) is 5.32 Å². The lowest BCUT2D eigenvalue weighted by Gasteiger charge is -2.58. The van der Waals surface area contributed by atoms with E-state index in [1.165, 1.54) is 57.9 Å². The Morgan fingerprint density at radius 2 is 1.79 bits per heavy atom. The minimum atomic E-state index is 0.486. The van der Waals surface area contributed by atoms with Crippen molar-refractivity contribution in [1.29, 1.82) is 0 Å². The first-order valence-corrected chi connectivity index (χ1v) is 8.61. The predicted molar refractivity (Wildman–Crippen MR) is 81.4 cm³/mol. The summed E-state index contributed by atoms with van der Waals surface area (Å²) < 4.78 is 6.02. The third kappa shape index (κ3) is 3.16. The Kier molecular flexibility index (Phi) is 5.70. The van der Waals surface area contributed by atoms with Crippen LogP contribution in [0.4, 0.5) is 0 Å². The van der Waals surface area contributed by atoms with Crippen molar-refractivity contribution in [2.75, 3.05) is 13.2 Å². The minimum absolute atomic E-state index is 0.486. The fourth-order valence-electron chi connectivity index (χ4n) is 4.24. The van der Waals surface area contributed by atoms with Crippen molar-refractivity contribution in [2.24, 2.45) is 11.3 Å². The van der Waals surface area contributed by atoms with Crippen LogP contribution in [0, 0.1) is 11.3 Å². The van der Waals surface area contributed by atoms with Crippen LogP contribution in [0.15, 0.2) is 0 Å². The van der Waals surface area contributed by atoms with E-state index < -0.39 is 0 Å². The molecular formula is C17H33NO. The van der Waals surface area contributed by atoms with Crippen LogP contribution in [0.1, 0.15) is 72.1 Å². The zero-order valence-corrected chi connectivity index (χ0v) is 13.2. The van der Waals surface area contributed by atoms with E-state index in [-0.39, 0.29) is 0 Å². The summed E-state index contributed by atoms with van der Waals surface area (Å²) in [6.45, 7) is 8.86. The maximum Gasteiger partial charge on any atom is 0.0661 e. The molecule has 112 valence electrons. The van der Waals surface area contributed by atoms with E-state index in [0.29, 0.717) is 11.5 Å². The van der Waals surface area contributed by atoms with E-state index in [0.717, 1.165) is 18.6 Å². The first kappa shape index (κ1) is 15.3. The van der Waals surface area contributed by atoms with Gasteiger partial charge in [-0.2, -0.15) is 0 Å². The van der Waals surface area contributed by atoms with Crippen LogP contribution in [-0.4, -0.2) is 25.3 Å². The topological polar surface area (TPSA) is 21.3 Å². The zero-order chi connectivity index (χ0) is 13.7. The molecule has 0 saturated heterocycles. The van der Waals surface area contributed by atoms with Gasteiger partial charge in [-0.25, -0.2) is 0 Å². The average molecular weight is 267 g/mol. The second-order valence-corrected chi connectivity index (χ2v) is 6.62. The molecule has 2 atom stereocenters. The van der Waals surface area contributed by atoms with E-state index in [9.17, 15) is 0 Å². The molecule has 0 heterocycles. The van der Waals surface area contributed by atoms with Gasteiger partial charge < -0.3 is 10.1 Å². The summed E-state index contributed by atoms with van der Waals surface area (Å²) in [6, 6.07) is 0.727. The van der Waals surface area contributed by atoms with Gasteiger partial charge in [-0.3, -0.25) is 0 Å². The summed E-state index contributed by atoms with van der Waals surface area (Å²) in [5, 5.41) is 3.89. The highest BCUT2D eigenvalue weighted by atomic mass is 16.5. The lowest BCUT2D eigenvalue weighted by Crippen LogP contribution is -2.64. The fraction of sp³-hybridized carbons (Fsp3) is 1.00. The lowest BCUT2D eigenvalue weighted by molar-refractivity contribution is -0.150. The van der Waals surface area contributed by atoms with Crippen molar-refractivity contribution < 1.29 is 4.74 Å². The third-order valence-electron chi connectivity index (χ3n) is 5.74. The molecule has 0 aromatic rings. The number of rotatable bonds is 7. The quantitative estimate of drug-likeness (QED) is 0.748. The molecule has 19 heavy (non-hydrogen) atoms. The largest absolute Gasteiger partial charge is 0.378 e. The predicted octanol–water partition coefficient (Wildman–Crippen LogP) is 4.14. The molecule has 2 fully saturated rings. The Balaban J connectivity index is 1.89. The molecule has 0 aliphatic heterocycles. The van der Waals surface area contributed by atoms with Gasteiger partial charge >= 0.3 is 0 Å². The highest BCUT2D eigenvalue weighted by Crippen LogP contribution is 2.53. The molecule has 0 amide bonds. The van der Waals surface area contributed by atoms with Crippen molar-refractivity contribution >= 4 is 0 Å². The van der Waals surface area contributed by atoms with Crippen LogP contribution in [0.5, 0.6) is 0 Å². The molecular weight excluding hydrogens is 234 g/mol. The molecule has 0 aromatic heterocycles. The SMILES string of the molecule is CCOC1CC(NCC(CC)CC)C12CCCCC2. The second kappa shape index (κ2) is 7.08. The van der Waals surface area contributed by atoms with E-state index in [1.54, 1.807) is 0 Å². The Morgan fingerprint density at radius 1 is 1.11 bits per heavy atom. The van der Waals surface area contributed by atoms with Crippen LogP contribution in [0.2, 0.25) is 0 Å². The maximum absolute atomic E-state index is 6.02. The molecule has 0 aromatic carbocycles. The van der Waals surface area contributed by atoms with Crippen LogP contribution < -0.4 is 5.32 Å². The van der Waals surface area contributed by atoms with Crippen molar-refractivity contribution in [3.8, 4) is 0 Å². The van der Waals surface area contributed by atoms with Gasteiger partial charge in [0.25, 0.3) is 0 Å². The highest BCUT2D eigenvalue weighted by Gasteiger charge is 2.55. The molecule has 2 unspecified atom stereocenters. The molecule has 2 rings (SSSR count). The summed E-state index contributed by atoms with van der Waals surface area (Å²) in [4.78, 5) is 0. The Bertz CT molecular complexity index is 256. The van der Waals surface area contributed by atoms with Gasteiger partial charge in [-0.05, 0) is 38.6 Å². The summed E-state index contributed by atoms with van der Waals surface area (Å²) in [6.07, 6.45) is 11.4. The molecule has 2 saturated carbocycles. The highest BCUT2D eigenvalue weighted by molar-refractivity contribution is 5.08. The molecule has 1 N–H and O–H groups in total. The summed E-state index contributed by atoms with van der Waals surface area (Å²) in [7, 11) is 0.